The third-order valence-electron chi connectivity index (χ3n) is 3.46. The number of carbonyl (C=O) groups is 1. The molecule has 3 aromatic rings. The fourth-order valence-electron chi connectivity index (χ4n) is 2.23. The van der Waals surface area contributed by atoms with E-state index in [0.717, 1.165) is 11.1 Å². The van der Waals surface area contributed by atoms with Crippen LogP contribution in [-0.2, 0) is 10.0 Å². The highest BCUT2D eigenvalue weighted by Gasteiger charge is 2.16. The zero-order valence-electron chi connectivity index (χ0n) is 14.0. The summed E-state index contributed by atoms with van der Waals surface area (Å²) in [6.07, 6.45) is 0.853. The van der Waals surface area contributed by atoms with Gasteiger partial charge in [-0.05, 0) is 36.8 Å². The van der Waals surface area contributed by atoms with Crippen LogP contribution in [-0.4, -0.2) is 26.0 Å². The number of carbonyl (C=O) groups excluding carboxylic acids is 1. The summed E-state index contributed by atoms with van der Waals surface area (Å²) >= 11 is 1.20. The van der Waals surface area contributed by atoms with Crippen molar-refractivity contribution in [3.8, 4) is 0 Å². The lowest BCUT2D eigenvalue weighted by atomic mass is 10.3. The number of benzene rings is 2. The molecule has 0 atom stereocenters. The molecule has 0 aliphatic heterocycles. The summed E-state index contributed by atoms with van der Waals surface area (Å²) in [5.41, 5.74) is 1.27. The van der Waals surface area contributed by atoms with E-state index in [9.17, 15) is 13.2 Å². The number of rotatable bonds is 6. The van der Waals surface area contributed by atoms with Crippen molar-refractivity contribution >= 4 is 48.4 Å². The van der Waals surface area contributed by atoms with Crippen molar-refractivity contribution in [3.05, 3.63) is 48.5 Å². The predicted molar refractivity (Wildman–Crippen MR) is 104 cm³/mol. The molecule has 1 heterocycles. The third kappa shape index (κ3) is 4.30. The van der Waals surface area contributed by atoms with E-state index < -0.39 is 10.0 Å². The van der Waals surface area contributed by atoms with Crippen LogP contribution < -0.4 is 15.4 Å². The van der Waals surface area contributed by atoms with E-state index in [-0.39, 0.29) is 16.1 Å². The molecule has 3 rings (SSSR count). The molecule has 0 unspecified atom stereocenters. The number of aromatic nitrogens is 1. The van der Waals surface area contributed by atoms with E-state index in [0.29, 0.717) is 17.7 Å². The highest BCUT2D eigenvalue weighted by Crippen LogP contribution is 2.29. The van der Waals surface area contributed by atoms with E-state index in [1.165, 1.54) is 23.5 Å². The molecular formula is C17H18N4O3S2. The van der Waals surface area contributed by atoms with Gasteiger partial charge in [0.1, 0.15) is 0 Å². The fourth-order valence-corrected chi connectivity index (χ4v) is 4.39. The summed E-state index contributed by atoms with van der Waals surface area (Å²) in [6.45, 7) is 2.57. The summed E-state index contributed by atoms with van der Waals surface area (Å²) in [6, 6.07) is 13.1. The van der Waals surface area contributed by atoms with Crippen molar-refractivity contribution in [2.24, 2.45) is 0 Å². The maximum atomic E-state index is 12.4. The summed E-state index contributed by atoms with van der Waals surface area (Å²) in [4.78, 5) is 16.2. The first-order valence-electron chi connectivity index (χ1n) is 8.01. The van der Waals surface area contributed by atoms with Crippen LogP contribution in [0.1, 0.15) is 13.3 Å². The van der Waals surface area contributed by atoms with Crippen LogP contribution in [0, 0.1) is 0 Å². The summed E-state index contributed by atoms with van der Waals surface area (Å²) in [5, 5.41) is 5.75. The van der Waals surface area contributed by atoms with Crippen LogP contribution in [0.3, 0.4) is 0 Å². The maximum Gasteiger partial charge on any atom is 0.319 e. The number of urea groups is 1. The van der Waals surface area contributed by atoms with Gasteiger partial charge < -0.3 is 10.6 Å². The first-order valence-corrected chi connectivity index (χ1v) is 10.3. The van der Waals surface area contributed by atoms with Crippen LogP contribution in [0.15, 0.2) is 53.4 Å². The van der Waals surface area contributed by atoms with Crippen molar-refractivity contribution in [3.63, 3.8) is 0 Å². The van der Waals surface area contributed by atoms with Crippen molar-refractivity contribution in [1.29, 1.82) is 0 Å². The molecule has 0 bridgehead atoms. The first kappa shape index (κ1) is 18.2. The Kier molecular flexibility index (Phi) is 5.38. The molecule has 26 heavy (non-hydrogen) atoms. The smallest absolute Gasteiger partial charge is 0.319 e. The zero-order valence-corrected chi connectivity index (χ0v) is 15.7. The molecule has 136 valence electrons. The first-order chi connectivity index (χ1) is 12.5. The number of sulfonamides is 1. The topological polar surface area (TPSA) is 100 Å². The molecule has 0 aliphatic rings. The minimum atomic E-state index is -3.68. The van der Waals surface area contributed by atoms with Crippen LogP contribution in [0.2, 0.25) is 0 Å². The lowest BCUT2D eigenvalue weighted by Gasteiger charge is -2.06. The minimum absolute atomic E-state index is 0.175. The monoisotopic (exact) mass is 390 g/mol. The molecule has 0 saturated heterocycles. The van der Waals surface area contributed by atoms with Crippen molar-refractivity contribution < 1.29 is 13.2 Å². The fraction of sp³-hybridized carbons (Fsp3) is 0.176. The van der Waals surface area contributed by atoms with E-state index in [4.69, 9.17) is 0 Å². The Hall–Kier alpha value is -2.65. The van der Waals surface area contributed by atoms with Gasteiger partial charge in [-0.3, -0.25) is 4.72 Å². The molecular weight excluding hydrogens is 372 g/mol. The normalized spacial score (nSPS) is 11.3. The Bertz CT molecular complexity index is 1020. The van der Waals surface area contributed by atoms with E-state index >= 15 is 0 Å². The number of fused-ring (bicyclic) bond motifs is 1. The van der Waals surface area contributed by atoms with Gasteiger partial charge in [-0.15, -0.1) is 0 Å². The second kappa shape index (κ2) is 7.71. The summed E-state index contributed by atoms with van der Waals surface area (Å²) < 4.78 is 28.0. The molecule has 7 nitrogen and oxygen atoms in total. The third-order valence-corrected chi connectivity index (χ3v) is 5.87. The highest BCUT2D eigenvalue weighted by molar-refractivity contribution is 7.93. The molecule has 0 radical (unpaired) electrons. The van der Waals surface area contributed by atoms with Gasteiger partial charge in [-0.25, -0.2) is 18.2 Å². The summed E-state index contributed by atoms with van der Waals surface area (Å²) in [7, 11) is -3.68. The van der Waals surface area contributed by atoms with Crippen molar-refractivity contribution in [2.75, 3.05) is 16.6 Å². The van der Waals surface area contributed by atoms with Gasteiger partial charge in [-0.1, -0.05) is 36.5 Å². The lowest BCUT2D eigenvalue weighted by molar-refractivity contribution is 0.252. The second-order valence-corrected chi connectivity index (χ2v) is 8.21. The number of hydrogen-bond donors (Lipinski definition) is 3. The predicted octanol–water partition coefficient (Wildman–Crippen LogP) is 3.63. The van der Waals surface area contributed by atoms with Gasteiger partial charge in [0.25, 0.3) is 10.0 Å². The number of anilines is 2. The molecule has 0 saturated carbocycles. The number of amides is 2. The molecule has 2 aromatic carbocycles. The molecule has 9 heteroatoms. The number of thiazole rings is 1. The van der Waals surface area contributed by atoms with Gasteiger partial charge in [0.15, 0.2) is 5.13 Å². The minimum Gasteiger partial charge on any atom is -0.338 e. The van der Waals surface area contributed by atoms with Crippen molar-refractivity contribution in [2.45, 2.75) is 18.2 Å². The van der Waals surface area contributed by atoms with Gasteiger partial charge in [0.05, 0.1) is 15.1 Å². The molecule has 0 aliphatic carbocycles. The number of nitrogens with one attached hydrogen (secondary N) is 3. The Morgan fingerprint density at radius 2 is 1.92 bits per heavy atom. The molecule has 2 amide bonds. The van der Waals surface area contributed by atoms with Gasteiger partial charge in [-0.2, -0.15) is 0 Å². The highest BCUT2D eigenvalue weighted by atomic mass is 32.2. The Balaban J connectivity index is 1.78. The standard InChI is InChI=1S/C17H18N4O3S2/c1-2-10-18-16(22)19-12-8-9-14-15(11-12)25-17(20-14)21-26(23,24)13-6-4-3-5-7-13/h3-9,11H,2,10H2,1H3,(H,20,21)(H2,18,19,22). The summed E-state index contributed by atoms with van der Waals surface area (Å²) in [5.74, 6) is 0. The van der Waals surface area contributed by atoms with Crippen LogP contribution >= 0.6 is 11.3 Å². The van der Waals surface area contributed by atoms with E-state index in [2.05, 4.69) is 20.3 Å². The van der Waals surface area contributed by atoms with Crippen LogP contribution in [0.25, 0.3) is 10.2 Å². The quantitative estimate of drug-likeness (QED) is 0.598. The van der Waals surface area contributed by atoms with E-state index in [1.54, 1.807) is 36.4 Å². The molecule has 0 fully saturated rings. The molecule has 3 N–H and O–H groups in total. The SMILES string of the molecule is CCCNC(=O)Nc1ccc2nc(NS(=O)(=O)c3ccccc3)sc2c1. The maximum absolute atomic E-state index is 12.4. The second-order valence-electron chi connectivity index (χ2n) is 5.50. The van der Waals surface area contributed by atoms with Crippen LogP contribution in [0.5, 0.6) is 0 Å². The zero-order chi connectivity index (χ0) is 18.6. The van der Waals surface area contributed by atoms with Gasteiger partial charge >= 0.3 is 6.03 Å². The van der Waals surface area contributed by atoms with Gasteiger partial charge in [0, 0.05) is 12.2 Å². The number of nitrogens with zero attached hydrogens (tertiary/aromatic N) is 1. The molecule has 0 spiro atoms. The lowest BCUT2D eigenvalue weighted by Crippen LogP contribution is -2.29. The average Bonchev–Trinajstić information content (AvgIpc) is 3.01. The Morgan fingerprint density at radius 1 is 1.15 bits per heavy atom. The number of hydrogen-bond acceptors (Lipinski definition) is 5. The van der Waals surface area contributed by atoms with Gasteiger partial charge in [0.2, 0.25) is 0 Å². The largest absolute Gasteiger partial charge is 0.338 e. The Morgan fingerprint density at radius 3 is 2.65 bits per heavy atom. The van der Waals surface area contributed by atoms with Crippen LogP contribution in [0.4, 0.5) is 15.6 Å². The Labute approximate surface area is 155 Å². The average molecular weight is 390 g/mol. The van der Waals surface area contributed by atoms with Crippen molar-refractivity contribution in [1.82, 2.24) is 10.3 Å². The van der Waals surface area contributed by atoms with E-state index in [1.807, 2.05) is 6.92 Å². The molecule has 1 aromatic heterocycles.